The lowest BCUT2D eigenvalue weighted by Crippen LogP contribution is -2.47. The average Bonchev–Trinajstić information content (AvgIpc) is 2.99. The molecule has 0 saturated carbocycles. The van der Waals surface area contributed by atoms with E-state index >= 15 is 0 Å². The third kappa shape index (κ3) is 4.55. The number of furan rings is 1. The lowest BCUT2D eigenvalue weighted by Gasteiger charge is -2.32. The Bertz CT molecular complexity index is 1020. The highest BCUT2D eigenvalue weighted by Crippen LogP contribution is 2.24. The summed E-state index contributed by atoms with van der Waals surface area (Å²) in [6.45, 7) is 11.9. The number of ether oxygens (including phenoxy) is 1. The molecular weight excluding hydrogens is 388 g/mol. The van der Waals surface area contributed by atoms with Crippen LogP contribution >= 0.6 is 0 Å². The zero-order valence-corrected chi connectivity index (χ0v) is 17.9. The van der Waals surface area contributed by atoms with E-state index < -0.39 is 11.7 Å². The fourth-order valence-corrected chi connectivity index (χ4v) is 3.52. The van der Waals surface area contributed by atoms with Gasteiger partial charge >= 0.3 is 6.09 Å². The topological polar surface area (TPSA) is 107 Å². The second-order valence-corrected chi connectivity index (χ2v) is 8.42. The number of rotatable bonds is 4. The Labute approximate surface area is 174 Å². The van der Waals surface area contributed by atoms with Crippen molar-refractivity contribution in [3.05, 3.63) is 40.7 Å². The van der Waals surface area contributed by atoms with Crippen LogP contribution in [0, 0.1) is 6.92 Å². The molecule has 0 unspecified atom stereocenters. The molecule has 3 rings (SSSR count). The van der Waals surface area contributed by atoms with Crippen LogP contribution in [0.5, 0.6) is 0 Å². The molecule has 0 atom stereocenters. The first kappa shape index (κ1) is 21.6. The van der Waals surface area contributed by atoms with E-state index in [1.165, 1.54) is 10.9 Å². The maximum absolute atomic E-state index is 13.2. The molecule has 162 valence electrons. The van der Waals surface area contributed by atoms with E-state index in [9.17, 15) is 14.4 Å². The summed E-state index contributed by atoms with van der Waals surface area (Å²) >= 11 is 0. The highest BCUT2D eigenvalue weighted by Gasteiger charge is 2.30. The van der Waals surface area contributed by atoms with Crippen molar-refractivity contribution >= 4 is 23.1 Å². The smallest absolute Gasteiger partial charge is 0.407 e. The molecule has 0 radical (unpaired) electrons. The van der Waals surface area contributed by atoms with E-state index in [1.807, 2.05) is 20.8 Å². The number of aromatic nitrogens is 2. The first-order chi connectivity index (χ1) is 14.1. The fourth-order valence-electron chi connectivity index (χ4n) is 3.52. The molecule has 1 aliphatic heterocycles. The number of alkyl carbamates (subject to hydrolysis) is 1. The van der Waals surface area contributed by atoms with E-state index in [-0.39, 0.29) is 34.2 Å². The summed E-state index contributed by atoms with van der Waals surface area (Å²) in [5.41, 5.74) is -0.489. The molecule has 3 heterocycles. The second kappa shape index (κ2) is 8.33. The second-order valence-electron chi connectivity index (χ2n) is 8.42. The maximum Gasteiger partial charge on any atom is 0.407 e. The van der Waals surface area contributed by atoms with Crippen LogP contribution in [-0.2, 0) is 11.3 Å². The zero-order valence-electron chi connectivity index (χ0n) is 17.9. The van der Waals surface area contributed by atoms with Crippen molar-refractivity contribution in [1.29, 1.82) is 0 Å². The summed E-state index contributed by atoms with van der Waals surface area (Å²) in [7, 11) is 0. The van der Waals surface area contributed by atoms with Gasteiger partial charge in [0.2, 0.25) is 5.71 Å². The normalized spacial score (nSPS) is 15.3. The summed E-state index contributed by atoms with van der Waals surface area (Å²) in [5.74, 6) is 0.0992. The summed E-state index contributed by atoms with van der Waals surface area (Å²) in [6, 6.07) is -0.0717. The highest BCUT2D eigenvalue weighted by atomic mass is 16.6. The molecular formula is C21H28N4O5. The Hall–Kier alpha value is -3.10. The number of aryl methyl sites for hydroxylation is 1. The predicted octanol–water partition coefficient (Wildman–Crippen LogP) is 2.61. The van der Waals surface area contributed by atoms with Gasteiger partial charge in [-0.25, -0.2) is 9.78 Å². The number of piperidine rings is 1. The Morgan fingerprint density at radius 3 is 2.63 bits per heavy atom. The molecule has 1 N–H and O–H groups in total. The minimum absolute atomic E-state index is 0.0717. The molecule has 1 fully saturated rings. The van der Waals surface area contributed by atoms with Crippen molar-refractivity contribution in [2.45, 2.75) is 58.7 Å². The first-order valence-electron chi connectivity index (χ1n) is 9.99. The van der Waals surface area contributed by atoms with Crippen LogP contribution < -0.4 is 10.9 Å². The third-order valence-electron chi connectivity index (χ3n) is 4.90. The Morgan fingerprint density at radius 2 is 2.03 bits per heavy atom. The van der Waals surface area contributed by atoms with Crippen molar-refractivity contribution in [3.63, 3.8) is 0 Å². The fraction of sp³-hybridized carbons (Fsp3) is 0.524. The van der Waals surface area contributed by atoms with E-state index in [4.69, 9.17) is 9.15 Å². The quantitative estimate of drug-likeness (QED) is 0.768. The molecule has 9 nitrogen and oxygen atoms in total. The van der Waals surface area contributed by atoms with Gasteiger partial charge in [-0.3, -0.25) is 14.2 Å². The predicted molar refractivity (Wildman–Crippen MR) is 111 cm³/mol. The molecule has 2 aromatic rings. The van der Waals surface area contributed by atoms with Crippen LogP contribution in [0.2, 0.25) is 0 Å². The van der Waals surface area contributed by atoms with Gasteiger partial charge in [-0.15, -0.1) is 6.58 Å². The van der Waals surface area contributed by atoms with Gasteiger partial charge in [0, 0.05) is 25.7 Å². The molecule has 0 bridgehead atoms. The number of nitrogens with zero attached hydrogens (tertiary/aromatic N) is 3. The summed E-state index contributed by atoms with van der Waals surface area (Å²) in [5, 5.41) is 3.04. The molecule has 1 saturated heterocycles. The van der Waals surface area contributed by atoms with Gasteiger partial charge in [-0.1, -0.05) is 6.08 Å². The van der Waals surface area contributed by atoms with Gasteiger partial charge in [-0.2, -0.15) is 0 Å². The largest absolute Gasteiger partial charge is 0.444 e. The summed E-state index contributed by atoms with van der Waals surface area (Å²) in [6.07, 6.45) is 3.71. The van der Waals surface area contributed by atoms with Crippen LogP contribution in [0.1, 0.15) is 49.7 Å². The van der Waals surface area contributed by atoms with Crippen LogP contribution in [0.4, 0.5) is 4.79 Å². The number of fused-ring (bicyclic) bond motifs is 1. The molecule has 2 amide bonds. The zero-order chi connectivity index (χ0) is 22.1. The average molecular weight is 416 g/mol. The number of nitrogens with one attached hydrogen (secondary N) is 1. The molecule has 1 aliphatic rings. The van der Waals surface area contributed by atoms with Gasteiger partial charge in [0.05, 0.1) is 5.56 Å². The molecule has 9 heteroatoms. The SMILES string of the molecule is C=CCn1cnc2oc(C)c(C(=O)N3CCC(NC(=O)OC(C)(C)C)CC3)c2c1=O. The van der Waals surface area contributed by atoms with Gasteiger partial charge in [0.15, 0.2) is 0 Å². The minimum Gasteiger partial charge on any atom is -0.444 e. The molecule has 2 aromatic heterocycles. The Kier molecular flexibility index (Phi) is 6.00. The van der Waals surface area contributed by atoms with Gasteiger partial charge < -0.3 is 19.4 Å². The van der Waals surface area contributed by atoms with Crippen molar-refractivity contribution in [1.82, 2.24) is 19.8 Å². The number of hydrogen-bond donors (Lipinski definition) is 1. The number of hydrogen-bond acceptors (Lipinski definition) is 6. The van der Waals surface area contributed by atoms with Crippen LogP contribution in [-0.4, -0.2) is 51.2 Å². The van der Waals surface area contributed by atoms with Crippen LogP contribution in [0.15, 0.2) is 28.2 Å². The van der Waals surface area contributed by atoms with E-state index in [1.54, 1.807) is 17.9 Å². The number of amides is 2. The molecule has 0 spiro atoms. The third-order valence-corrected chi connectivity index (χ3v) is 4.90. The highest BCUT2D eigenvalue weighted by molar-refractivity contribution is 6.06. The lowest BCUT2D eigenvalue weighted by atomic mass is 10.0. The van der Waals surface area contributed by atoms with E-state index in [0.717, 1.165) is 0 Å². The van der Waals surface area contributed by atoms with Crippen LogP contribution in [0.25, 0.3) is 11.1 Å². The van der Waals surface area contributed by atoms with Gasteiger partial charge in [0.1, 0.15) is 23.1 Å². The molecule has 0 aromatic carbocycles. The maximum atomic E-state index is 13.2. The molecule has 30 heavy (non-hydrogen) atoms. The Morgan fingerprint density at radius 1 is 1.37 bits per heavy atom. The lowest BCUT2D eigenvalue weighted by molar-refractivity contribution is 0.0473. The monoisotopic (exact) mass is 416 g/mol. The van der Waals surface area contributed by atoms with Crippen molar-refractivity contribution in [2.24, 2.45) is 0 Å². The first-order valence-corrected chi connectivity index (χ1v) is 9.99. The number of allylic oxidation sites excluding steroid dienone is 1. The van der Waals surface area contributed by atoms with Crippen molar-refractivity contribution < 1.29 is 18.7 Å². The number of carbonyl (C=O) groups is 2. The molecule has 0 aliphatic carbocycles. The minimum atomic E-state index is -0.562. The van der Waals surface area contributed by atoms with Crippen molar-refractivity contribution in [2.75, 3.05) is 13.1 Å². The summed E-state index contributed by atoms with van der Waals surface area (Å²) in [4.78, 5) is 43.8. The van der Waals surface area contributed by atoms with E-state index in [2.05, 4.69) is 16.9 Å². The van der Waals surface area contributed by atoms with Crippen molar-refractivity contribution in [3.8, 4) is 0 Å². The summed E-state index contributed by atoms with van der Waals surface area (Å²) < 4.78 is 12.2. The number of likely N-dealkylation sites (tertiary alicyclic amines) is 1. The standard InChI is InChI=1S/C21H28N4O5/c1-6-9-25-12-22-17-16(19(25)27)15(13(2)29-17)18(26)24-10-7-14(8-11-24)23-20(28)30-21(3,4)5/h6,12,14H,1,7-11H2,2-5H3,(H,23,28). The van der Waals surface area contributed by atoms with E-state index in [0.29, 0.717) is 38.2 Å². The van der Waals surface area contributed by atoms with Crippen LogP contribution in [0.3, 0.4) is 0 Å². The number of carbonyl (C=O) groups excluding carboxylic acids is 2. The van der Waals surface area contributed by atoms with Gasteiger partial charge in [-0.05, 0) is 40.5 Å². The Balaban J connectivity index is 1.74. The van der Waals surface area contributed by atoms with Gasteiger partial charge in [0.25, 0.3) is 11.5 Å².